The molecule has 7 nitrogen and oxygen atoms in total. The molecule has 1 aromatic heterocycles. The third-order valence-electron chi connectivity index (χ3n) is 4.24. The first-order chi connectivity index (χ1) is 13.1. The molecule has 0 unspecified atom stereocenters. The Morgan fingerprint density at radius 1 is 1.30 bits per heavy atom. The van der Waals surface area contributed by atoms with Gasteiger partial charge in [0.1, 0.15) is 17.6 Å². The molecule has 144 valence electrons. The van der Waals surface area contributed by atoms with Crippen LogP contribution in [0.25, 0.3) is 0 Å². The van der Waals surface area contributed by atoms with E-state index >= 15 is 0 Å². The predicted molar refractivity (Wildman–Crippen MR) is 98.9 cm³/mol. The number of hydrogen-bond donors (Lipinski definition) is 2. The third-order valence-corrected chi connectivity index (χ3v) is 4.24. The highest BCUT2D eigenvalue weighted by Gasteiger charge is 2.22. The van der Waals surface area contributed by atoms with Crippen LogP contribution >= 0.6 is 0 Å². The molecule has 1 aliphatic rings. The smallest absolute Gasteiger partial charge is 0.286 e. The van der Waals surface area contributed by atoms with Crippen LogP contribution in [0.5, 0.6) is 11.5 Å². The average molecular weight is 372 g/mol. The van der Waals surface area contributed by atoms with E-state index in [0.29, 0.717) is 13.2 Å². The maximum absolute atomic E-state index is 12.1. The summed E-state index contributed by atoms with van der Waals surface area (Å²) in [7, 11) is 0. The highest BCUT2D eigenvalue weighted by atomic mass is 16.5. The number of furan rings is 1. The molecule has 3 rings (SSSR count). The van der Waals surface area contributed by atoms with E-state index in [1.54, 1.807) is 12.1 Å². The minimum Gasteiger partial charge on any atom is -0.494 e. The Bertz CT molecular complexity index is 801. The molecular weight excluding hydrogens is 348 g/mol. The van der Waals surface area contributed by atoms with Crippen molar-refractivity contribution >= 4 is 11.8 Å². The summed E-state index contributed by atoms with van der Waals surface area (Å²) in [5.41, 5.74) is 2.00. The summed E-state index contributed by atoms with van der Waals surface area (Å²) in [4.78, 5) is 23.8. The molecule has 2 N–H and O–H groups in total. The Morgan fingerprint density at radius 2 is 2.15 bits per heavy atom. The first kappa shape index (κ1) is 18.8. The molecule has 0 aliphatic carbocycles. The summed E-state index contributed by atoms with van der Waals surface area (Å²) in [6.07, 6.45) is 2.61. The van der Waals surface area contributed by atoms with Crippen molar-refractivity contribution < 1.29 is 23.5 Å². The van der Waals surface area contributed by atoms with Crippen molar-refractivity contribution in [2.75, 3.05) is 13.2 Å². The Kier molecular flexibility index (Phi) is 6.01. The van der Waals surface area contributed by atoms with Gasteiger partial charge in [-0.1, -0.05) is 0 Å². The van der Waals surface area contributed by atoms with Crippen molar-refractivity contribution in [1.29, 1.82) is 0 Å². The van der Waals surface area contributed by atoms with Gasteiger partial charge in [0.2, 0.25) is 5.91 Å². The molecule has 0 saturated heterocycles. The maximum Gasteiger partial charge on any atom is 0.286 e. The van der Waals surface area contributed by atoms with Crippen LogP contribution in [0.4, 0.5) is 0 Å². The van der Waals surface area contributed by atoms with E-state index in [4.69, 9.17) is 13.9 Å². The lowest BCUT2D eigenvalue weighted by atomic mass is 10.1. The summed E-state index contributed by atoms with van der Waals surface area (Å²) in [5.74, 6) is 1.34. The van der Waals surface area contributed by atoms with Crippen molar-refractivity contribution in [2.24, 2.45) is 0 Å². The molecule has 0 spiro atoms. The Balaban J connectivity index is 1.51. The van der Waals surface area contributed by atoms with E-state index in [2.05, 4.69) is 10.6 Å². The summed E-state index contributed by atoms with van der Waals surface area (Å²) in [5, 5.41) is 5.51. The molecule has 2 heterocycles. The van der Waals surface area contributed by atoms with Crippen molar-refractivity contribution in [2.45, 2.75) is 39.3 Å². The number of rotatable bonds is 8. The van der Waals surface area contributed by atoms with Gasteiger partial charge in [-0.05, 0) is 38.1 Å². The van der Waals surface area contributed by atoms with Crippen LogP contribution in [0, 0.1) is 0 Å². The van der Waals surface area contributed by atoms with Gasteiger partial charge in [0.15, 0.2) is 5.76 Å². The molecule has 2 aromatic rings. The molecule has 2 amide bonds. The first-order valence-corrected chi connectivity index (χ1v) is 9.10. The lowest BCUT2D eigenvalue weighted by molar-refractivity contribution is -0.121. The topological polar surface area (TPSA) is 89.8 Å². The van der Waals surface area contributed by atoms with Gasteiger partial charge in [-0.15, -0.1) is 0 Å². The summed E-state index contributed by atoms with van der Waals surface area (Å²) >= 11 is 0. The van der Waals surface area contributed by atoms with Crippen LogP contribution in [0.15, 0.2) is 34.9 Å². The van der Waals surface area contributed by atoms with Crippen molar-refractivity contribution in [1.82, 2.24) is 10.6 Å². The number of nitrogens with one attached hydrogen (secondary N) is 2. The number of benzene rings is 1. The summed E-state index contributed by atoms with van der Waals surface area (Å²) in [6.45, 7) is 5.07. The fourth-order valence-electron chi connectivity index (χ4n) is 2.98. The zero-order valence-corrected chi connectivity index (χ0v) is 15.5. The van der Waals surface area contributed by atoms with Crippen molar-refractivity contribution in [3.05, 3.63) is 47.4 Å². The minimum atomic E-state index is -0.337. The number of hydrogen-bond acceptors (Lipinski definition) is 5. The normalized spacial score (nSPS) is 15.0. The summed E-state index contributed by atoms with van der Waals surface area (Å²) < 4.78 is 16.5. The van der Waals surface area contributed by atoms with E-state index in [-0.39, 0.29) is 36.6 Å². The molecule has 1 aromatic carbocycles. The molecule has 27 heavy (non-hydrogen) atoms. The maximum atomic E-state index is 12.1. The number of carbonyl (C=O) groups excluding carboxylic acids is 2. The molecule has 1 atom stereocenters. The molecule has 0 radical (unpaired) electrons. The van der Waals surface area contributed by atoms with Crippen molar-refractivity contribution in [3.63, 3.8) is 0 Å². The van der Waals surface area contributed by atoms with Crippen LogP contribution in [-0.4, -0.2) is 31.1 Å². The van der Waals surface area contributed by atoms with Crippen LogP contribution in [0.1, 0.15) is 41.9 Å². The monoisotopic (exact) mass is 372 g/mol. The van der Waals surface area contributed by atoms with Gasteiger partial charge in [0, 0.05) is 37.1 Å². The quantitative estimate of drug-likeness (QED) is 0.743. The fraction of sp³-hybridized carbons (Fsp3) is 0.400. The van der Waals surface area contributed by atoms with Gasteiger partial charge in [-0.25, -0.2) is 0 Å². The molecule has 0 saturated carbocycles. The van der Waals surface area contributed by atoms with Gasteiger partial charge < -0.3 is 24.5 Å². The van der Waals surface area contributed by atoms with Crippen LogP contribution in [0.3, 0.4) is 0 Å². The van der Waals surface area contributed by atoms with Crippen LogP contribution < -0.4 is 20.1 Å². The van der Waals surface area contributed by atoms with E-state index in [9.17, 15) is 9.59 Å². The average Bonchev–Trinajstić information content (AvgIpc) is 3.28. The second-order valence-corrected chi connectivity index (χ2v) is 6.39. The van der Waals surface area contributed by atoms with Gasteiger partial charge in [-0.3, -0.25) is 9.59 Å². The van der Waals surface area contributed by atoms with Gasteiger partial charge >= 0.3 is 0 Å². The molecular formula is C20H24N2O5. The van der Waals surface area contributed by atoms with E-state index in [0.717, 1.165) is 29.0 Å². The Hall–Kier alpha value is -2.96. The van der Waals surface area contributed by atoms with Crippen LogP contribution in [0.2, 0.25) is 0 Å². The number of fused-ring (bicyclic) bond motifs is 1. The molecule has 0 bridgehead atoms. The lowest BCUT2D eigenvalue weighted by Gasteiger charge is -2.13. The minimum absolute atomic E-state index is 0.150. The third kappa shape index (κ3) is 4.81. The second kappa shape index (κ2) is 8.62. The van der Waals surface area contributed by atoms with Gasteiger partial charge in [0.05, 0.1) is 12.9 Å². The Morgan fingerprint density at radius 3 is 2.89 bits per heavy atom. The van der Waals surface area contributed by atoms with Gasteiger partial charge in [-0.2, -0.15) is 0 Å². The van der Waals surface area contributed by atoms with E-state index in [1.165, 1.54) is 6.26 Å². The predicted octanol–water partition coefficient (Wildman–Crippen LogP) is 2.44. The highest BCUT2D eigenvalue weighted by Crippen LogP contribution is 2.35. The zero-order valence-electron chi connectivity index (χ0n) is 15.5. The highest BCUT2D eigenvalue weighted by molar-refractivity contribution is 5.91. The second-order valence-electron chi connectivity index (χ2n) is 6.39. The molecule has 7 heteroatoms. The molecule has 0 fully saturated rings. The number of amides is 2. The SMILES string of the molecule is CCOc1cc2c(cc1CNC(=O)CCNC(=O)c1ccco1)O[C@H](C)C2. The molecule has 1 aliphatic heterocycles. The van der Waals surface area contributed by atoms with Crippen molar-refractivity contribution in [3.8, 4) is 11.5 Å². The van der Waals surface area contributed by atoms with Gasteiger partial charge in [0.25, 0.3) is 5.91 Å². The zero-order chi connectivity index (χ0) is 19.2. The Labute approximate surface area is 158 Å². The van der Waals surface area contributed by atoms with E-state index in [1.807, 2.05) is 26.0 Å². The summed E-state index contributed by atoms with van der Waals surface area (Å²) in [6, 6.07) is 7.14. The van der Waals surface area contributed by atoms with E-state index < -0.39 is 0 Å². The number of carbonyl (C=O) groups is 2. The number of ether oxygens (including phenoxy) is 2. The first-order valence-electron chi connectivity index (χ1n) is 9.10. The van der Waals surface area contributed by atoms with Crippen LogP contribution in [-0.2, 0) is 17.8 Å². The standard InChI is InChI=1S/C20H24N2O5/c1-3-25-17-10-14-9-13(2)27-18(14)11-15(17)12-22-19(23)6-7-21-20(24)16-5-4-8-26-16/h4-5,8,10-11,13H,3,6-7,9,12H2,1-2H3,(H,21,24)(H,22,23)/t13-/m1/s1. The largest absolute Gasteiger partial charge is 0.494 e. The lowest BCUT2D eigenvalue weighted by Crippen LogP contribution is -2.30. The fourth-order valence-corrected chi connectivity index (χ4v) is 2.98.